The van der Waals surface area contributed by atoms with Gasteiger partial charge in [-0.3, -0.25) is 0 Å². The van der Waals surface area contributed by atoms with Crippen LogP contribution in [0.5, 0.6) is 0 Å². The van der Waals surface area contributed by atoms with E-state index in [0.717, 1.165) is 25.0 Å². The van der Waals surface area contributed by atoms with Crippen molar-refractivity contribution in [2.75, 3.05) is 0 Å². The number of hydrogen-bond acceptors (Lipinski definition) is 3. The number of oxime groups is 1. The van der Waals surface area contributed by atoms with E-state index in [9.17, 15) is 0 Å². The SMILES string of the molecule is ON=C1CCc2ccsc2C1. The van der Waals surface area contributed by atoms with Crippen molar-refractivity contribution in [3.8, 4) is 0 Å². The van der Waals surface area contributed by atoms with Gasteiger partial charge in [-0.15, -0.1) is 11.3 Å². The zero-order valence-corrected chi connectivity index (χ0v) is 6.90. The standard InChI is InChI=1S/C8H9NOS/c10-9-7-2-1-6-3-4-11-8(6)5-7/h3-4,10H,1-2,5H2. The number of hydrogen-bond donors (Lipinski definition) is 1. The minimum atomic E-state index is 0.851. The van der Waals surface area contributed by atoms with Crippen LogP contribution in [0, 0.1) is 0 Å². The van der Waals surface area contributed by atoms with Crippen LogP contribution in [0.15, 0.2) is 16.6 Å². The summed E-state index contributed by atoms with van der Waals surface area (Å²) in [7, 11) is 0. The molecule has 1 aromatic rings. The predicted molar refractivity (Wildman–Crippen MR) is 45.6 cm³/mol. The van der Waals surface area contributed by atoms with Crippen molar-refractivity contribution in [2.24, 2.45) is 5.16 Å². The summed E-state index contributed by atoms with van der Waals surface area (Å²) >= 11 is 1.75. The van der Waals surface area contributed by atoms with Crippen molar-refractivity contribution in [3.05, 3.63) is 21.9 Å². The summed E-state index contributed by atoms with van der Waals surface area (Å²) in [6, 6.07) is 2.16. The molecule has 1 aliphatic rings. The Bertz CT molecular complexity index is 290. The highest BCUT2D eigenvalue weighted by molar-refractivity contribution is 7.10. The third kappa shape index (κ3) is 1.16. The van der Waals surface area contributed by atoms with E-state index in [4.69, 9.17) is 5.21 Å². The Kier molecular flexibility index (Phi) is 1.66. The van der Waals surface area contributed by atoms with E-state index in [2.05, 4.69) is 16.6 Å². The lowest BCUT2D eigenvalue weighted by atomic mass is 9.98. The molecule has 0 radical (unpaired) electrons. The molecule has 0 saturated carbocycles. The average Bonchev–Trinajstić information content (AvgIpc) is 2.50. The first kappa shape index (κ1) is 6.85. The van der Waals surface area contributed by atoms with E-state index in [1.165, 1.54) is 10.4 Å². The van der Waals surface area contributed by atoms with Crippen LogP contribution in [0.2, 0.25) is 0 Å². The van der Waals surface area contributed by atoms with E-state index in [0.29, 0.717) is 0 Å². The van der Waals surface area contributed by atoms with Gasteiger partial charge in [-0.25, -0.2) is 0 Å². The van der Waals surface area contributed by atoms with Crippen LogP contribution in [0.25, 0.3) is 0 Å². The first-order chi connectivity index (χ1) is 5.40. The van der Waals surface area contributed by atoms with Gasteiger partial charge in [-0.2, -0.15) is 0 Å². The van der Waals surface area contributed by atoms with Gasteiger partial charge >= 0.3 is 0 Å². The highest BCUT2D eigenvalue weighted by Gasteiger charge is 2.14. The molecule has 0 spiro atoms. The molecule has 2 nitrogen and oxygen atoms in total. The van der Waals surface area contributed by atoms with Gasteiger partial charge in [0.05, 0.1) is 5.71 Å². The molecule has 1 aromatic heterocycles. The summed E-state index contributed by atoms with van der Waals surface area (Å²) in [6.45, 7) is 0. The normalized spacial score (nSPS) is 20.2. The molecule has 0 fully saturated rings. The molecule has 1 heterocycles. The first-order valence-corrected chi connectivity index (χ1v) is 4.53. The molecular formula is C8H9NOS. The summed E-state index contributed by atoms with van der Waals surface area (Å²) in [5, 5.41) is 13.9. The van der Waals surface area contributed by atoms with Crippen molar-refractivity contribution >= 4 is 17.0 Å². The molecule has 0 unspecified atom stereocenters. The second-order valence-corrected chi connectivity index (χ2v) is 3.71. The van der Waals surface area contributed by atoms with Crippen LogP contribution >= 0.6 is 11.3 Å². The van der Waals surface area contributed by atoms with Gasteiger partial charge in [0, 0.05) is 11.3 Å². The Balaban J connectivity index is 2.31. The lowest BCUT2D eigenvalue weighted by Gasteiger charge is -2.10. The minimum absolute atomic E-state index is 0.851. The number of thiophene rings is 1. The van der Waals surface area contributed by atoms with Gasteiger partial charge in [0.1, 0.15) is 0 Å². The Hall–Kier alpha value is -0.830. The van der Waals surface area contributed by atoms with Crippen molar-refractivity contribution in [2.45, 2.75) is 19.3 Å². The first-order valence-electron chi connectivity index (χ1n) is 3.65. The fourth-order valence-electron chi connectivity index (χ4n) is 1.38. The zero-order valence-electron chi connectivity index (χ0n) is 6.08. The van der Waals surface area contributed by atoms with Gasteiger partial charge in [0.25, 0.3) is 0 Å². The van der Waals surface area contributed by atoms with Gasteiger partial charge in [0.2, 0.25) is 0 Å². The van der Waals surface area contributed by atoms with E-state index in [-0.39, 0.29) is 0 Å². The molecule has 0 aromatic carbocycles. The molecule has 0 aliphatic heterocycles. The van der Waals surface area contributed by atoms with E-state index >= 15 is 0 Å². The summed E-state index contributed by atoms with van der Waals surface area (Å²) in [5.41, 5.74) is 2.35. The molecule has 0 atom stereocenters. The Morgan fingerprint density at radius 1 is 1.45 bits per heavy atom. The summed E-state index contributed by atoms with van der Waals surface area (Å²) in [5.74, 6) is 0. The molecule has 1 N–H and O–H groups in total. The zero-order chi connectivity index (χ0) is 7.68. The van der Waals surface area contributed by atoms with Gasteiger partial charge in [-0.1, -0.05) is 5.16 Å². The third-order valence-electron chi connectivity index (χ3n) is 2.03. The molecule has 0 bridgehead atoms. The molecule has 2 rings (SSSR count). The van der Waals surface area contributed by atoms with E-state index in [1.807, 2.05) is 0 Å². The molecule has 0 amide bonds. The van der Waals surface area contributed by atoms with Crippen LogP contribution in [-0.4, -0.2) is 10.9 Å². The quantitative estimate of drug-likeness (QED) is 0.465. The van der Waals surface area contributed by atoms with Gasteiger partial charge < -0.3 is 5.21 Å². The highest BCUT2D eigenvalue weighted by atomic mass is 32.1. The maximum absolute atomic E-state index is 8.55. The molecule has 58 valence electrons. The second kappa shape index (κ2) is 2.66. The Morgan fingerprint density at radius 3 is 3.18 bits per heavy atom. The lowest BCUT2D eigenvalue weighted by Crippen LogP contribution is -2.10. The van der Waals surface area contributed by atoms with Crippen LogP contribution in [0.4, 0.5) is 0 Å². The third-order valence-corrected chi connectivity index (χ3v) is 2.99. The predicted octanol–water partition coefficient (Wildman–Crippen LogP) is 2.07. The van der Waals surface area contributed by atoms with Crippen LogP contribution < -0.4 is 0 Å². The second-order valence-electron chi connectivity index (χ2n) is 2.71. The van der Waals surface area contributed by atoms with E-state index < -0.39 is 0 Å². The Labute approximate surface area is 69.2 Å². The van der Waals surface area contributed by atoms with Gasteiger partial charge in [-0.05, 0) is 29.9 Å². The van der Waals surface area contributed by atoms with Crippen LogP contribution in [0.1, 0.15) is 16.9 Å². The molecular weight excluding hydrogens is 158 g/mol. The fourth-order valence-corrected chi connectivity index (χ4v) is 2.35. The van der Waals surface area contributed by atoms with Crippen LogP contribution in [-0.2, 0) is 12.8 Å². The maximum Gasteiger partial charge on any atom is 0.0626 e. The summed E-state index contributed by atoms with van der Waals surface area (Å²) in [6.07, 6.45) is 2.81. The van der Waals surface area contributed by atoms with Crippen molar-refractivity contribution in [3.63, 3.8) is 0 Å². The van der Waals surface area contributed by atoms with Gasteiger partial charge in [0.15, 0.2) is 0 Å². The monoisotopic (exact) mass is 167 g/mol. The highest BCUT2D eigenvalue weighted by Crippen LogP contribution is 2.24. The molecule has 11 heavy (non-hydrogen) atoms. The summed E-state index contributed by atoms with van der Waals surface area (Å²) in [4.78, 5) is 1.36. The maximum atomic E-state index is 8.55. The molecule has 3 heteroatoms. The Morgan fingerprint density at radius 2 is 2.36 bits per heavy atom. The van der Waals surface area contributed by atoms with E-state index in [1.54, 1.807) is 11.3 Å². The topological polar surface area (TPSA) is 32.6 Å². The lowest BCUT2D eigenvalue weighted by molar-refractivity contribution is 0.316. The average molecular weight is 167 g/mol. The summed E-state index contributed by atoms with van der Waals surface area (Å²) < 4.78 is 0. The smallest absolute Gasteiger partial charge is 0.0626 e. The van der Waals surface area contributed by atoms with Crippen molar-refractivity contribution in [1.82, 2.24) is 0 Å². The minimum Gasteiger partial charge on any atom is -0.411 e. The largest absolute Gasteiger partial charge is 0.411 e. The van der Waals surface area contributed by atoms with Crippen molar-refractivity contribution in [1.29, 1.82) is 0 Å². The number of nitrogens with zero attached hydrogens (tertiary/aromatic N) is 1. The van der Waals surface area contributed by atoms with Crippen molar-refractivity contribution < 1.29 is 5.21 Å². The number of fused-ring (bicyclic) bond motifs is 1. The number of aryl methyl sites for hydroxylation is 1. The number of rotatable bonds is 0. The molecule has 0 saturated heterocycles. The molecule has 1 aliphatic carbocycles. The fraction of sp³-hybridized carbons (Fsp3) is 0.375. The van der Waals surface area contributed by atoms with Crippen LogP contribution in [0.3, 0.4) is 0 Å².